The highest BCUT2D eigenvalue weighted by Crippen LogP contribution is 2.16. The molecule has 20 heavy (non-hydrogen) atoms. The van der Waals surface area contributed by atoms with Gasteiger partial charge in [0, 0.05) is 12.6 Å². The van der Waals surface area contributed by atoms with Crippen molar-refractivity contribution < 1.29 is 12.6 Å². The minimum absolute atomic E-state index is 0.161. The van der Waals surface area contributed by atoms with Gasteiger partial charge in [-0.2, -0.15) is 18.6 Å². The fourth-order valence-corrected chi connectivity index (χ4v) is 2.83. The summed E-state index contributed by atoms with van der Waals surface area (Å²) < 4.78 is 29.3. The van der Waals surface area contributed by atoms with Crippen molar-refractivity contribution in [1.82, 2.24) is 10.2 Å². The van der Waals surface area contributed by atoms with Crippen LogP contribution in [0.1, 0.15) is 18.2 Å². The molecule has 0 amide bonds. The molecule has 1 atom stereocenters. The maximum atomic E-state index is 12.1. The molecule has 106 valence electrons. The third kappa shape index (κ3) is 3.85. The van der Waals surface area contributed by atoms with Gasteiger partial charge in [-0.3, -0.25) is 4.18 Å². The minimum atomic E-state index is -3.74. The predicted molar refractivity (Wildman–Crippen MR) is 74.6 cm³/mol. The molecular weight excluding hydrogens is 276 g/mol. The first kappa shape index (κ1) is 14.6. The second-order valence-corrected chi connectivity index (χ2v) is 6.17. The number of aromatic nitrogens is 2. The van der Waals surface area contributed by atoms with Gasteiger partial charge in [-0.25, -0.2) is 0 Å². The van der Waals surface area contributed by atoms with Crippen LogP contribution in [0.15, 0.2) is 47.5 Å². The third-order valence-electron chi connectivity index (χ3n) is 2.72. The number of benzene rings is 1. The number of aryl methyl sites for hydroxylation is 1. The first-order valence-corrected chi connectivity index (χ1v) is 7.65. The van der Waals surface area contributed by atoms with Gasteiger partial charge in [-0.15, -0.1) is 0 Å². The van der Waals surface area contributed by atoms with Crippen molar-refractivity contribution in [3.8, 4) is 0 Å². The largest absolute Gasteiger partial charge is 0.297 e. The highest BCUT2D eigenvalue weighted by molar-refractivity contribution is 7.86. The van der Waals surface area contributed by atoms with Crippen LogP contribution >= 0.6 is 0 Å². The van der Waals surface area contributed by atoms with Gasteiger partial charge >= 0.3 is 0 Å². The summed E-state index contributed by atoms with van der Waals surface area (Å²) in [6.45, 7) is 3.59. The highest BCUT2D eigenvalue weighted by atomic mass is 32.2. The number of nitrogens with zero attached hydrogens (tertiary/aromatic N) is 2. The molecule has 6 heteroatoms. The zero-order valence-corrected chi connectivity index (χ0v) is 12.2. The van der Waals surface area contributed by atoms with Crippen LogP contribution in [-0.2, 0) is 20.7 Å². The van der Waals surface area contributed by atoms with Crippen LogP contribution in [0, 0.1) is 6.92 Å². The lowest BCUT2D eigenvalue weighted by Crippen LogP contribution is -2.18. The fourth-order valence-electron chi connectivity index (χ4n) is 1.75. The molecule has 2 rings (SSSR count). The van der Waals surface area contributed by atoms with E-state index in [-0.39, 0.29) is 4.90 Å². The van der Waals surface area contributed by atoms with Crippen LogP contribution < -0.4 is 0 Å². The molecule has 0 aliphatic heterocycles. The van der Waals surface area contributed by atoms with E-state index in [1.165, 1.54) is 0 Å². The molecule has 0 aliphatic carbocycles. The van der Waals surface area contributed by atoms with Gasteiger partial charge in [0.15, 0.2) is 0 Å². The molecule has 1 heterocycles. The Morgan fingerprint density at radius 1 is 1.20 bits per heavy atom. The summed E-state index contributed by atoms with van der Waals surface area (Å²) in [4.78, 5) is 0.161. The predicted octanol–water partition coefficient (Wildman–Crippen LogP) is 2.12. The van der Waals surface area contributed by atoms with E-state index in [0.29, 0.717) is 12.1 Å². The molecule has 5 nitrogen and oxygen atoms in total. The number of rotatable bonds is 5. The lowest BCUT2D eigenvalue weighted by atomic mass is 10.2. The first-order chi connectivity index (χ1) is 9.47. The Bertz CT molecular complexity index is 655. The monoisotopic (exact) mass is 292 g/mol. The number of hydrogen-bond acceptors (Lipinski definition) is 5. The van der Waals surface area contributed by atoms with E-state index in [1.54, 1.807) is 49.5 Å². The van der Waals surface area contributed by atoms with Crippen LogP contribution in [0.3, 0.4) is 0 Å². The molecular formula is C14H16N2O3S. The summed E-state index contributed by atoms with van der Waals surface area (Å²) in [6, 6.07) is 10.1. The van der Waals surface area contributed by atoms with E-state index < -0.39 is 16.2 Å². The average Bonchev–Trinajstić information content (AvgIpc) is 2.39. The first-order valence-electron chi connectivity index (χ1n) is 6.24. The van der Waals surface area contributed by atoms with Crippen LogP contribution in [0.4, 0.5) is 0 Å². The van der Waals surface area contributed by atoms with Crippen molar-refractivity contribution in [2.24, 2.45) is 0 Å². The van der Waals surface area contributed by atoms with Crippen LogP contribution in [0.2, 0.25) is 0 Å². The molecule has 1 aromatic carbocycles. The maximum Gasteiger partial charge on any atom is 0.297 e. The summed E-state index contributed by atoms with van der Waals surface area (Å²) in [6.07, 6.45) is 1.45. The Hall–Kier alpha value is -1.79. The fraction of sp³-hybridized carbons (Fsp3) is 0.286. The zero-order chi connectivity index (χ0) is 14.6. The molecule has 1 unspecified atom stereocenters. The summed E-state index contributed by atoms with van der Waals surface area (Å²) in [5, 5.41) is 7.66. The Morgan fingerprint density at radius 2 is 1.90 bits per heavy atom. The summed E-state index contributed by atoms with van der Waals surface area (Å²) >= 11 is 0. The van der Waals surface area contributed by atoms with Crippen molar-refractivity contribution in [3.05, 3.63) is 53.9 Å². The molecule has 1 aromatic heterocycles. The van der Waals surface area contributed by atoms with E-state index in [9.17, 15) is 8.42 Å². The summed E-state index contributed by atoms with van der Waals surface area (Å²) in [5.41, 5.74) is 1.69. The number of hydrogen-bond donors (Lipinski definition) is 0. The van der Waals surface area contributed by atoms with E-state index in [2.05, 4.69) is 10.2 Å². The Kier molecular flexibility index (Phi) is 4.46. The van der Waals surface area contributed by atoms with Crippen molar-refractivity contribution in [2.45, 2.75) is 31.3 Å². The molecule has 0 saturated heterocycles. The molecule has 0 fully saturated rings. The van der Waals surface area contributed by atoms with Crippen molar-refractivity contribution in [3.63, 3.8) is 0 Å². The van der Waals surface area contributed by atoms with E-state index in [4.69, 9.17) is 4.18 Å². The topological polar surface area (TPSA) is 69.2 Å². The Labute approximate surface area is 118 Å². The Morgan fingerprint density at radius 3 is 2.50 bits per heavy atom. The van der Waals surface area contributed by atoms with Gasteiger partial charge < -0.3 is 0 Å². The SMILES string of the molecule is Cc1ccc(S(=O)(=O)OC(C)Cc2cccnn2)cc1. The second-order valence-electron chi connectivity index (χ2n) is 4.59. The molecule has 0 saturated carbocycles. The van der Waals surface area contributed by atoms with E-state index in [1.807, 2.05) is 6.92 Å². The second kappa shape index (κ2) is 6.11. The molecule has 2 aromatic rings. The molecule has 0 aliphatic rings. The van der Waals surface area contributed by atoms with Crippen molar-refractivity contribution >= 4 is 10.1 Å². The van der Waals surface area contributed by atoms with Gasteiger partial charge in [0.2, 0.25) is 0 Å². The lowest BCUT2D eigenvalue weighted by molar-refractivity contribution is 0.227. The van der Waals surface area contributed by atoms with E-state index >= 15 is 0 Å². The van der Waals surface area contributed by atoms with Gasteiger partial charge in [0.05, 0.1) is 16.7 Å². The smallest absolute Gasteiger partial charge is 0.263 e. The highest BCUT2D eigenvalue weighted by Gasteiger charge is 2.19. The molecule has 0 N–H and O–H groups in total. The molecule has 0 spiro atoms. The van der Waals surface area contributed by atoms with Gasteiger partial charge in [0.25, 0.3) is 10.1 Å². The van der Waals surface area contributed by atoms with Crippen molar-refractivity contribution in [1.29, 1.82) is 0 Å². The van der Waals surface area contributed by atoms with Gasteiger partial charge in [-0.1, -0.05) is 17.7 Å². The molecule has 0 radical (unpaired) electrons. The zero-order valence-electron chi connectivity index (χ0n) is 11.4. The summed E-state index contributed by atoms with van der Waals surface area (Å²) in [5.74, 6) is 0. The average molecular weight is 292 g/mol. The Balaban J connectivity index is 2.06. The van der Waals surface area contributed by atoms with Crippen molar-refractivity contribution in [2.75, 3.05) is 0 Å². The summed E-state index contributed by atoms with van der Waals surface area (Å²) in [7, 11) is -3.74. The quantitative estimate of drug-likeness (QED) is 0.790. The standard InChI is InChI=1S/C14H16N2O3S/c1-11-5-7-14(8-6-11)20(17,18)19-12(2)10-13-4-3-9-15-16-13/h3-9,12H,10H2,1-2H3. The van der Waals surface area contributed by atoms with Crippen LogP contribution in [0.5, 0.6) is 0 Å². The van der Waals surface area contributed by atoms with Gasteiger partial charge in [-0.05, 0) is 38.1 Å². The normalized spacial score (nSPS) is 13.1. The van der Waals surface area contributed by atoms with Crippen LogP contribution in [0.25, 0.3) is 0 Å². The van der Waals surface area contributed by atoms with Crippen LogP contribution in [-0.4, -0.2) is 24.7 Å². The van der Waals surface area contributed by atoms with E-state index in [0.717, 1.165) is 5.56 Å². The lowest BCUT2D eigenvalue weighted by Gasteiger charge is -2.12. The maximum absolute atomic E-state index is 12.1. The third-order valence-corrected chi connectivity index (χ3v) is 4.16. The molecule has 0 bridgehead atoms. The van der Waals surface area contributed by atoms with Gasteiger partial charge in [0.1, 0.15) is 0 Å². The minimum Gasteiger partial charge on any atom is -0.263 e.